The molecule has 1 aromatic rings. The van der Waals surface area contributed by atoms with Gasteiger partial charge in [-0.25, -0.2) is 13.2 Å². The molecule has 0 bridgehead atoms. The molecule has 1 amide bonds. The summed E-state index contributed by atoms with van der Waals surface area (Å²) in [5.41, 5.74) is -1.54. The number of carboxylic acids is 1. The molecule has 7 nitrogen and oxygen atoms in total. The number of sulfone groups is 1. The normalized spacial score (nSPS) is 14.1. The van der Waals surface area contributed by atoms with Crippen LogP contribution in [0.1, 0.15) is 24.2 Å². The van der Waals surface area contributed by atoms with E-state index in [1.807, 2.05) is 0 Å². The molecule has 0 saturated heterocycles. The molecule has 0 heterocycles. The minimum absolute atomic E-state index is 0.0198. The summed E-state index contributed by atoms with van der Waals surface area (Å²) in [6, 6.07) is 5.47. The molecule has 1 rings (SSSR count). The predicted octanol–water partition coefficient (Wildman–Crippen LogP) is 0.700. The van der Waals surface area contributed by atoms with Crippen molar-refractivity contribution in [3.63, 3.8) is 0 Å². The molecule has 8 heteroatoms. The van der Waals surface area contributed by atoms with Crippen LogP contribution in [0.5, 0.6) is 0 Å². The summed E-state index contributed by atoms with van der Waals surface area (Å²) in [7, 11) is -2.12. The van der Waals surface area contributed by atoms with Gasteiger partial charge in [0.05, 0.1) is 17.3 Å². The van der Waals surface area contributed by atoms with Crippen LogP contribution in [0.4, 0.5) is 0 Å². The van der Waals surface area contributed by atoms with E-state index in [9.17, 15) is 23.1 Å². The van der Waals surface area contributed by atoms with Crippen LogP contribution in [-0.4, -0.2) is 50.4 Å². The molecule has 1 unspecified atom stereocenters. The lowest BCUT2D eigenvalue weighted by atomic mass is 10.0. The van der Waals surface area contributed by atoms with Crippen molar-refractivity contribution >= 4 is 21.7 Å². The topological polar surface area (TPSA) is 110 Å². The summed E-state index contributed by atoms with van der Waals surface area (Å²) in [4.78, 5) is 23.5. The Kier molecular flexibility index (Phi) is 5.67. The Balaban J connectivity index is 3.09. The van der Waals surface area contributed by atoms with Gasteiger partial charge in [-0.2, -0.15) is 0 Å². The van der Waals surface area contributed by atoms with Crippen molar-refractivity contribution in [2.45, 2.75) is 24.3 Å². The maximum absolute atomic E-state index is 12.2. The smallest absolute Gasteiger partial charge is 0.331 e. The average molecular weight is 329 g/mol. The van der Waals surface area contributed by atoms with E-state index in [-0.39, 0.29) is 22.8 Å². The average Bonchev–Trinajstić information content (AvgIpc) is 2.47. The van der Waals surface area contributed by atoms with Gasteiger partial charge in [0.25, 0.3) is 5.91 Å². The van der Waals surface area contributed by atoms with E-state index >= 15 is 0 Å². The van der Waals surface area contributed by atoms with Gasteiger partial charge in [-0.1, -0.05) is 13.0 Å². The number of methoxy groups -OCH3 is 1. The van der Waals surface area contributed by atoms with E-state index in [4.69, 9.17) is 4.74 Å². The number of nitrogens with one attached hydrogen (secondary N) is 1. The van der Waals surface area contributed by atoms with E-state index in [1.165, 1.54) is 45.2 Å². The third kappa shape index (κ3) is 4.05. The van der Waals surface area contributed by atoms with Gasteiger partial charge in [0.15, 0.2) is 15.4 Å². The SMILES string of the molecule is CCS(=O)(=O)c1cccc(C(=O)NC(C)(COC)C(=O)O)c1. The zero-order chi connectivity index (χ0) is 17.0. The number of rotatable bonds is 7. The highest BCUT2D eigenvalue weighted by atomic mass is 32.2. The third-order valence-electron chi connectivity index (χ3n) is 3.13. The second-order valence-electron chi connectivity index (χ2n) is 4.96. The largest absolute Gasteiger partial charge is 0.479 e. The summed E-state index contributed by atoms with van der Waals surface area (Å²) in [5, 5.41) is 11.5. The molecule has 0 radical (unpaired) electrons. The van der Waals surface area contributed by atoms with Crippen LogP contribution >= 0.6 is 0 Å². The Labute approximate surface area is 129 Å². The number of carbonyl (C=O) groups excluding carboxylic acids is 1. The van der Waals surface area contributed by atoms with Crippen molar-refractivity contribution in [2.24, 2.45) is 0 Å². The Hall–Kier alpha value is -1.93. The summed E-state index contributed by atoms with van der Waals surface area (Å²) in [6.45, 7) is 2.59. The van der Waals surface area contributed by atoms with Crippen LogP contribution in [0.3, 0.4) is 0 Å². The van der Waals surface area contributed by atoms with Gasteiger partial charge >= 0.3 is 5.97 Å². The number of amides is 1. The van der Waals surface area contributed by atoms with E-state index in [2.05, 4.69) is 5.32 Å². The van der Waals surface area contributed by atoms with Crippen LogP contribution in [0, 0.1) is 0 Å². The van der Waals surface area contributed by atoms with Gasteiger partial charge in [0.2, 0.25) is 0 Å². The third-order valence-corrected chi connectivity index (χ3v) is 4.86. The fraction of sp³-hybridized carbons (Fsp3) is 0.429. The van der Waals surface area contributed by atoms with Crippen LogP contribution in [0.25, 0.3) is 0 Å². The molecule has 0 fully saturated rings. The standard InChI is InChI=1S/C14H19NO6S/c1-4-22(19,20)11-7-5-6-10(8-11)12(16)15-14(2,9-21-3)13(17)18/h5-8H,4,9H2,1-3H3,(H,15,16)(H,17,18). The van der Waals surface area contributed by atoms with Gasteiger partial charge in [-0.3, -0.25) is 4.79 Å². The minimum atomic E-state index is -3.45. The monoisotopic (exact) mass is 329 g/mol. The van der Waals surface area contributed by atoms with Gasteiger partial charge in [0, 0.05) is 12.7 Å². The molecule has 22 heavy (non-hydrogen) atoms. The Bertz CT molecular complexity index is 670. The van der Waals surface area contributed by atoms with Crippen molar-refractivity contribution in [1.82, 2.24) is 5.32 Å². The fourth-order valence-corrected chi connectivity index (χ4v) is 2.69. The maximum atomic E-state index is 12.2. The quantitative estimate of drug-likeness (QED) is 0.762. The lowest BCUT2D eigenvalue weighted by Crippen LogP contribution is -2.55. The van der Waals surface area contributed by atoms with Gasteiger partial charge < -0.3 is 15.2 Å². The Morgan fingerprint density at radius 2 is 2.00 bits per heavy atom. The maximum Gasteiger partial charge on any atom is 0.331 e. The first-order chi connectivity index (χ1) is 10.2. The summed E-state index contributed by atoms with van der Waals surface area (Å²) in [6.07, 6.45) is 0. The zero-order valence-electron chi connectivity index (χ0n) is 12.6. The van der Waals surface area contributed by atoms with Crippen molar-refractivity contribution in [3.8, 4) is 0 Å². The molecule has 0 aliphatic heterocycles. The first-order valence-corrected chi connectivity index (χ1v) is 8.19. The number of hydrogen-bond donors (Lipinski definition) is 2. The van der Waals surface area contributed by atoms with Crippen molar-refractivity contribution < 1.29 is 27.9 Å². The fourth-order valence-electron chi connectivity index (χ4n) is 1.76. The van der Waals surface area contributed by atoms with Crippen LogP contribution in [0.15, 0.2) is 29.2 Å². The number of hydrogen-bond acceptors (Lipinski definition) is 5. The van der Waals surface area contributed by atoms with E-state index in [1.54, 1.807) is 0 Å². The van der Waals surface area contributed by atoms with Gasteiger partial charge in [-0.15, -0.1) is 0 Å². The van der Waals surface area contributed by atoms with E-state index in [0.717, 1.165) is 0 Å². The molecule has 0 aromatic heterocycles. The predicted molar refractivity (Wildman–Crippen MR) is 79.6 cm³/mol. The second-order valence-corrected chi connectivity index (χ2v) is 7.23. The van der Waals surface area contributed by atoms with Crippen molar-refractivity contribution in [3.05, 3.63) is 29.8 Å². The number of benzene rings is 1. The summed E-state index contributed by atoms with van der Waals surface area (Å²) >= 11 is 0. The highest BCUT2D eigenvalue weighted by Crippen LogP contribution is 2.14. The van der Waals surface area contributed by atoms with Crippen LogP contribution in [-0.2, 0) is 19.4 Å². The summed E-state index contributed by atoms with van der Waals surface area (Å²) in [5.74, 6) is -2.02. The minimum Gasteiger partial charge on any atom is -0.479 e. The highest BCUT2D eigenvalue weighted by molar-refractivity contribution is 7.91. The number of ether oxygens (including phenoxy) is 1. The number of carboxylic acid groups (broad SMARTS) is 1. The van der Waals surface area contributed by atoms with Crippen molar-refractivity contribution in [1.29, 1.82) is 0 Å². The Morgan fingerprint density at radius 3 is 2.50 bits per heavy atom. The first kappa shape index (κ1) is 18.1. The molecule has 122 valence electrons. The molecule has 2 N–H and O–H groups in total. The molecule has 0 spiro atoms. The van der Waals surface area contributed by atoms with Crippen LogP contribution in [0.2, 0.25) is 0 Å². The molecule has 1 aromatic carbocycles. The summed E-state index contributed by atoms with van der Waals surface area (Å²) < 4.78 is 28.5. The molecular formula is C14H19NO6S. The zero-order valence-corrected chi connectivity index (χ0v) is 13.4. The van der Waals surface area contributed by atoms with E-state index in [0.29, 0.717) is 0 Å². The van der Waals surface area contributed by atoms with Gasteiger partial charge in [0.1, 0.15) is 0 Å². The van der Waals surface area contributed by atoms with Crippen LogP contribution < -0.4 is 5.32 Å². The second kappa shape index (κ2) is 6.89. The molecule has 0 aliphatic carbocycles. The van der Waals surface area contributed by atoms with Gasteiger partial charge in [-0.05, 0) is 25.1 Å². The van der Waals surface area contributed by atoms with Crippen molar-refractivity contribution in [2.75, 3.05) is 19.5 Å². The lowest BCUT2D eigenvalue weighted by molar-refractivity contribution is -0.145. The first-order valence-electron chi connectivity index (χ1n) is 6.54. The molecule has 1 atom stereocenters. The Morgan fingerprint density at radius 1 is 1.36 bits per heavy atom. The molecular weight excluding hydrogens is 310 g/mol. The van der Waals surface area contributed by atoms with E-state index < -0.39 is 27.3 Å². The molecule has 0 saturated carbocycles. The highest BCUT2D eigenvalue weighted by Gasteiger charge is 2.35. The lowest BCUT2D eigenvalue weighted by Gasteiger charge is -2.25. The number of carbonyl (C=O) groups is 2. The number of aliphatic carboxylic acids is 1. The molecule has 0 aliphatic rings.